The summed E-state index contributed by atoms with van der Waals surface area (Å²) in [4.78, 5) is 0. The Labute approximate surface area is 138 Å². The summed E-state index contributed by atoms with van der Waals surface area (Å²) in [7, 11) is 0. The van der Waals surface area contributed by atoms with Crippen LogP contribution in [0.5, 0.6) is 5.75 Å². The van der Waals surface area contributed by atoms with Gasteiger partial charge in [0.2, 0.25) is 0 Å². The van der Waals surface area contributed by atoms with E-state index in [1.54, 1.807) is 0 Å². The number of nitrogens with one attached hydrogen (secondary N) is 1. The number of benzene rings is 2. The van der Waals surface area contributed by atoms with Gasteiger partial charge in [-0.3, -0.25) is 0 Å². The highest BCUT2D eigenvalue weighted by Crippen LogP contribution is 2.37. The first kappa shape index (κ1) is 13.2. The molecule has 0 saturated heterocycles. The summed E-state index contributed by atoms with van der Waals surface area (Å²) in [6.45, 7) is 0.685. The molecule has 0 amide bonds. The maximum absolute atomic E-state index is 6.04. The number of furan rings is 1. The average molecular weight is 409 g/mol. The summed E-state index contributed by atoms with van der Waals surface area (Å²) in [5, 5.41) is 4.46. The maximum atomic E-state index is 6.04. The lowest BCUT2D eigenvalue weighted by atomic mass is 10.2. The lowest BCUT2D eigenvalue weighted by Gasteiger charge is -2.26. The molecule has 1 aliphatic rings. The first-order chi connectivity index (χ1) is 10.2. The van der Waals surface area contributed by atoms with E-state index in [4.69, 9.17) is 9.15 Å². The Kier molecular flexibility index (Phi) is 3.19. The maximum Gasteiger partial charge on any atom is 0.173 e. The molecule has 2 heterocycles. The zero-order valence-corrected chi connectivity index (χ0v) is 14.1. The van der Waals surface area contributed by atoms with Crippen molar-refractivity contribution in [2.45, 2.75) is 6.10 Å². The van der Waals surface area contributed by atoms with Crippen LogP contribution in [0.4, 0.5) is 5.69 Å². The predicted molar refractivity (Wildman–Crippen MR) is 89.9 cm³/mol. The smallest absolute Gasteiger partial charge is 0.173 e. The third-order valence-corrected chi connectivity index (χ3v) is 4.49. The Morgan fingerprint density at radius 3 is 2.71 bits per heavy atom. The molecule has 5 heteroatoms. The highest BCUT2D eigenvalue weighted by atomic mass is 79.9. The second kappa shape index (κ2) is 5.07. The number of hydrogen-bond donors (Lipinski definition) is 1. The van der Waals surface area contributed by atoms with Crippen molar-refractivity contribution in [3.8, 4) is 5.75 Å². The van der Waals surface area contributed by atoms with E-state index in [2.05, 4.69) is 37.2 Å². The van der Waals surface area contributed by atoms with Gasteiger partial charge in [0.1, 0.15) is 17.1 Å². The minimum Gasteiger partial charge on any atom is -0.478 e. The van der Waals surface area contributed by atoms with E-state index in [1.807, 2.05) is 42.5 Å². The number of fused-ring (bicyclic) bond motifs is 2. The zero-order chi connectivity index (χ0) is 14.4. The van der Waals surface area contributed by atoms with Gasteiger partial charge in [-0.1, -0.05) is 31.9 Å². The summed E-state index contributed by atoms with van der Waals surface area (Å²) in [6.07, 6.45) is -0.121. The van der Waals surface area contributed by atoms with E-state index in [9.17, 15) is 0 Å². The van der Waals surface area contributed by atoms with Crippen molar-refractivity contribution in [1.29, 1.82) is 0 Å². The van der Waals surface area contributed by atoms with Crippen LogP contribution < -0.4 is 10.1 Å². The van der Waals surface area contributed by atoms with Crippen LogP contribution in [-0.2, 0) is 0 Å². The molecule has 0 radical (unpaired) electrons. The Balaban J connectivity index is 1.68. The Morgan fingerprint density at radius 1 is 1.00 bits per heavy atom. The van der Waals surface area contributed by atoms with Gasteiger partial charge in [0.05, 0.1) is 12.2 Å². The van der Waals surface area contributed by atoms with Crippen LogP contribution in [0.3, 0.4) is 0 Å². The summed E-state index contributed by atoms with van der Waals surface area (Å²) in [5.41, 5.74) is 1.87. The van der Waals surface area contributed by atoms with Crippen LogP contribution >= 0.6 is 31.9 Å². The summed E-state index contributed by atoms with van der Waals surface area (Å²) in [5.74, 6) is 1.68. The SMILES string of the molecule is Brc1ccc2c(c1)NCC(c1cc3cc(Br)ccc3o1)O2. The molecule has 1 aliphatic heterocycles. The normalized spacial score (nSPS) is 17.1. The van der Waals surface area contributed by atoms with Crippen LogP contribution in [0.25, 0.3) is 11.0 Å². The largest absolute Gasteiger partial charge is 0.478 e. The fourth-order valence-corrected chi connectivity index (χ4v) is 3.23. The van der Waals surface area contributed by atoms with Crippen LogP contribution in [0.2, 0.25) is 0 Å². The van der Waals surface area contributed by atoms with Gasteiger partial charge in [0, 0.05) is 14.3 Å². The number of anilines is 1. The molecular weight excluding hydrogens is 398 g/mol. The molecule has 0 spiro atoms. The van der Waals surface area contributed by atoms with E-state index < -0.39 is 0 Å². The number of rotatable bonds is 1. The molecule has 1 unspecified atom stereocenters. The Bertz CT molecular complexity index is 828. The molecule has 4 rings (SSSR count). The average Bonchev–Trinajstić information content (AvgIpc) is 2.89. The molecule has 1 atom stereocenters. The highest BCUT2D eigenvalue weighted by molar-refractivity contribution is 9.10. The Hall–Kier alpha value is -1.46. The molecule has 21 heavy (non-hydrogen) atoms. The second-order valence-corrected chi connectivity index (χ2v) is 6.79. The molecule has 0 bridgehead atoms. The number of hydrogen-bond acceptors (Lipinski definition) is 3. The molecule has 1 aromatic heterocycles. The predicted octanol–water partition coefficient (Wildman–Crippen LogP) is 5.50. The van der Waals surface area contributed by atoms with Crippen molar-refractivity contribution in [2.24, 2.45) is 0 Å². The van der Waals surface area contributed by atoms with Gasteiger partial charge >= 0.3 is 0 Å². The van der Waals surface area contributed by atoms with Crippen molar-refractivity contribution >= 4 is 48.5 Å². The van der Waals surface area contributed by atoms with Crippen molar-refractivity contribution < 1.29 is 9.15 Å². The number of halogens is 2. The van der Waals surface area contributed by atoms with Crippen LogP contribution in [0.15, 0.2) is 55.8 Å². The molecule has 1 N–H and O–H groups in total. The van der Waals surface area contributed by atoms with E-state index in [0.717, 1.165) is 37.1 Å². The van der Waals surface area contributed by atoms with E-state index in [-0.39, 0.29) is 6.10 Å². The molecule has 2 aromatic carbocycles. The van der Waals surface area contributed by atoms with Crippen molar-refractivity contribution in [3.63, 3.8) is 0 Å². The van der Waals surface area contributed by atoms with Gasteiger partial charge < -0.3 is 14.5 Å². The molecule has 0 saturated carbocycles. The molecule has 3 nitrogen and oxygen atoms in total. The minimum absolute atomic E-state index is 0.121. The van der Waals surface area contributed by atoms with Crippen molar-refractivity contribution in [3.05, 3.63) is 57.2 Å². The van der Waals surface area contributed by atoms with E-state index >= 15 is 0 Å². The van der Waals surface area contributed by atoms with Crippen molar-refractivity contribution in [2.75, 3.05) is 11.9 Å². The molecule has 0 fully saturated rings. The molecular formula is C16H11Br2NO2. The molecule has 3 aromatic rings. The summed E-state index contributed by atoms with van der Waals surface area (Å²) in [6, 6.07) is 14.0. The van der Waals surface area contributed by atoms with Crippen LogP contribution in [0.1, 0.15) is 11.9 Å². The van der Waals surface area contributed by atoms with Crippen molar-refractivity contribution in [1.82, 2.24) is 0 Å². The van der Waals surface area contributed by atoms with Gasteiger partial charge in [-0.05, 0) is 42.5 Å². The monoisotopic (exact) mass is 407 g/mol. The summed E-state index contributed by atoms with van der Waals surface area (Å²) < 4.78 is 14.0. The first-order valence-electron chi connectivity index (χ1n) is 6.58. The molecule has 0 aliphatic carbocycles. The van der Waals surface area contributed by atoms with Gasteiger partial charge in [-0.25, -0.2) is 0 Å². The topological polar surface area (TPSA) is 34.4 Å². The van der Waals surface area contributed by atoms with Gasteiger partial charge in [-0.15, -0.1) is 0 Å². The molecule has 106 valence electrons. The van der Waals surface area contributed by atoms with Gasteiger partial charge in [0.15, 0.2) is 6.10 Å². The zero-order valence-electron chi connectivity index (χ0n) is 10.9. The third-order valence-electron chi connectivity index (χ3n) is 3.50. The van der Waals surface area contributed by atoms with Gasteiger partial charge in [-0.2, -0.15) is 0 Å². The quantitative estimate of drug-likeness (QED) is 0.576. The van der Waals surface area contributed by atoms with E-state index in [0.29, 0.717) is 6.54 Å². The van der Waals surface area contributed by atoms with Gasteiger partial charge in [0.25, 0.3) is 0 Å². The Morgan fingerprint density at radius 2 is 1.81 bits per heavy atom. The fraction of sp³-hybridized carbons (Fsp3) is 0.125. The third kappa shape index (κ3) is 2.45. The highest BCUT2D eigenvalue weighted by Gasteiger charge is 2.24. The first-order valence-corrected chi connectivity index (χ1v) is 8.17. The summed E-state index contributed by atoms with van der Waals surface area (Å²) >= 11 is 6.94. The fourth-order valence-electron chi connectivity index (χ4n) is 2.49. The lowest BCUT2D eigenvalue weighted by Crippen LogP contribution is -2.23. The number of ether oxygens (including phenoxy) is 1. The van der Waals surface area contributed by atoms with Crippen LogP contribution in [-0.4, -0.2) is 6.54 Å². The standard InChI is InChI=1S/C16H11Br2NO2/c17-10-1-3-13-9(5-10)6-15(20-13)16-8-19-12-7-11(18)2-4-14(12)21-16/h1-7,16,19H,8H2. The minimum atomic E-state index is -0.121. The van der Waals surface area contributed by atoms with E-state index in [1.165, 1.54) is 0 Å². The second-order valence-electron chi connectivity index (χ2n) is 4.96. The lowest BCUT2D eigenvalue weighted by molar-refractivity contribution is 0.183. The van der Waals surface area contributed by atoms with Crippen LogP contribution in [0, 0.1) is 0 Å².